The van der Waals surface area contributed by atoms with Crippen LogP contribution in [0.3, 0.4) is 0 Å². The first kappa shape index (κ1) is 21.4. The van der Waals surface area contributed by atoms with Crippen molar-refractivity contribution in [1.29, 1.82) is 0 Å². The maximum atomic E-state index is 12.5. The molecule has 0 bridgehead atoms. The fourth-order valence-corrected chi connectivity index (χ4v) is 4.64. The molecule has 0 saturated carbocycles. The van der Waals surface area contributed by atoms with E-state index in [1.807, 2.05) is 23.1 Å². The third-order valence-electron chi connectivity index (χ3n) is 5.37. The predicted octanol–water partition coefficient (Wildman–Crippen LogP) is 4.82. The number of benzene rings is 2. The molecule has 1 fully saturated rings. The summed E-state index contributed by atoms with van der Waals surface area (Å²) < 4.78 is 29.9. The van der Waals surface area contributed by atoms with E-state index in [0.29, 0.717) is 13.1 Å². The number of para-hydroxylation sites is 1. The summed E-state index contributed by atoms with van der Waals surface area (Å²) in [5.41, 5.74) is 1.78. The fourth-order valence-electron chi connectivity index (χ4n) is 3.59. The van der Waals surface area contributed by atoms with E-state index in [9.17, 15) is 13.6 Å². The Bertz CT molecular complexity index is 1030. The Morgan fingerprint density at radius 3 is 2.48 bits per heavy atom. The Hall–Kier alpha value is -2.84. The first-order chi connectivity index (χ1) is 15.0. The molecule has 4 rings (SSSR count). The third-order valence-corrected chi connectivity index (χ3v) is 6.57. The third kappa shape index (κ3) is 5.26. The number of ether oxygens (including phenoxy) is 1. The van der Waals surface area contributed by atoms with Crippen molar-refractivity contribution < 1.29 is 18.3 Å². The molecule has 162 valence electrons. The van der Waals surface area contributed by atoms with E-state index in [2.05, 4.69) is 22.6 Å². The number of rotatable bonds is 6. The highest BCUT2D eigenvalue weighted by molar-refractivity contribution is 7.18. The summed E-state index contributed by atoms with van der Waals surface area (Å²) in [5, 5.41) is 1.10. The molecule has 2 aromatic carbocycles. The number of halogens is 2. The van der Waals surface area contributed by atoms with Crippen LogP contribution in [-0.4, -0.2) is 53.5 Å². The topological polar surface area (TPSA) is 45.7 Å². The van der Waals surface area contributed by atoms with Gasteiger partial charge in [-0.2, -0.15) is 8.78 Å². The zero-order valence-corrected chi connectivity index (χ0v) is 17.9. The SMILES string of the molecule is CC(c1nc2ccccc2s1)N1CCN(C(=O)/C=C/c2ccc(OC(F)F)cc2)CC1. The summed E-state index contributed by atoms with van der Waals surface area (Å²) in [7, 11) is 0. The summed E-state index contributed by atoms with van der Waals surface area (Å²) in [6, 6.07) is 14.5. The van der Waals surface area contributed by atoms with Gasteiger partial charge in [-0.3, -0.25) is 9.69 Å². The quantitative estimate of drug-likeness (QED) is 0.513. The molecule has 0 radical (unpaired) electrons. The molecule has 5 nitrogen and oxygen atoms in total. The monoisotopic (exact) mass is 443 g/mol. The molecule has 1 atom stereocenters. The summed E-state index contributed by atoms with van der Waals surface area (Å²) in [4.78, 5) is 21.5. The molecule has 0 aliphatic carbocycles. The highest BCUT2D eigenvalue weighted by Gasteiger charge is 2.25. The number of thiazole rings is 1. The van der Waals surface area contributed by atoms with Gasteiger partial charge in [0, 0.05) is 32.3 Å². The minimum Gasteiger partial charge on any atom is -0.435 e. The lowest BCUT2D eigenvalue weighted by atomic mass is 10.2. The number of hydrogen-bond acceptors (Lipinski definition) is 5. The Morgan fingerprint density at radius 2 is 1.81 bits per heavy atom. The maximum absolute atomic E-state index is 12.5. The van der Waals surface area contributed by atoms with Gasteiger partial charge in [-0.25, -0.2) is 4.98 Å². The van der Waals surface area contributed by atoms with Gasteiger partial charge in [0.15, 0.2) is 0 Å². The Kier molecular flexibility index (Phi) is 6.58. The van der Waals surface area contributed by atoms with Crippen molar-refractivity contribution >= 4 is 33.5 Å². The molecule has 0 spiro atoms. The van der Waals surface area contributed by atoms with Crippen molar-refractivity contribution in [1.82, 2.24) is 14.8 Å². The second-order valence-corrected chi connectivity index (χ2v) is 8.40. The Morgan fingerprint density at radius 1 is 1.10 bits per heavy atom. The van der Waals surface area contributed by atoms with Crippen LogP contribution in [0.1, 0.15) is 23.5 Å². The van der Waals surface area contributed by atoms with Crippen molar-refractivity contribution in [3.8, 4) is 5.75 Å². The van der Waals surface area contributed by atoms with Crippen LogP contribution >= 0.6 is 11.3 Å². The number of amides is 1. The number of carbonyl (C=O) groups excluding carboxylic acids is 1. The molecule has 1 unspecified atom stereocenters. The summed E-state index contributed by atoms with van der Waals surface area (Å²) in [6.07, 6.45) is 3.21. The average Bonchev–Trinajstić information content (AvgIpc) is 3.22. The van der Waals surface area contributed by atoms with Crippen molar-refractivity contribution in [2.45, 2.75) is 19.6 Å². The second-order valence-electron chi connectivity index (χ2n) is 7.34. The van der Waals surface area contributed by atoms with Crippen molar-refractivity contribution in [2.24, 2.45) is 0 Å². The van der Waals surface area contributed by atoms with E-state index in [4.69, 9.17) is 4.98 Å². The highest BCUT2D eigenvalue weighted by Crippen LogP contribution is 2.30. The van der Waals surface area contributed by atoms with Gasteiger partial charge in [-0.05, 0) is 42.8 Å². The van der Waals surface area contributed by atoms with Gasteiger partial charge in [0.05, 0.1) is 16.3 Å². The number of hydrogen-bond donors (Lipinski definition) is 0. The number of fused-ring (bicyclic) bond motifs is 1. The van der Waals surface area contributed by atoms with E-state index in [-0.39, 0.29) is 17.7 Å². The van der Waals surface area contributed by atoms with Gasteiger partial charge in [0.2, 0.25) is 5.91 Å². The zero-order valence-electron chi connectivity index (χ0n) is 17.1. The number of alkyl halides is 2. The van der Waals surface area contributed by atoms with E-state index in [1.54, 1.807) is 29.5 Å². The number of carbonyl (C=O) groups is 1. The van der Waals surface area contributed by atoms with E-state index >= 15 is 0 Å². The van der Waals surface area contributed by atoms with Crippen LogP contribution < -0.4 is 4.74 Å². The minimum absolute atomic E-state index is 0.0554. The Balaban J connectivity index is 1.30. The van der Waals surface area contributed by atoms with Gasteiger partial charge in [0.1, 0.15) is 10.8 Å². The lowest BCUT2D eigenvalue weighted by Crippen LogP contribution is -2.48. The first-order valence-electron chi connectivity index (χ1n) is 10.1. The van der Waals surface area contributed by atoms with Crippen LogP contribution in [0.15, 0.2) is 54.6 Å². The number of nitrogens with zero attached hydrogens (tertiary/aromatic N) is 3. The van der Waals surface area contributed by atoms with Crippen LogP contribution in [0, 0.1) is 0 Å². The molecular weight excluding hydrogens is 420 g/mol. The second kappa shape index (κ2) is 9.53. The maximum Gasteiger partial charge on any atom is 0.387 e. The zero-order chi connectivity index (χ0) is 21.8. The van der Waals surface area contributed by atoms with Crippen LogP contribution in [0.2, 0.25) is 0 Å². The van der Waals surface area contributed by atoms with Crippen molar-refractivity contribution in [3.63, 3.8) is 0 Å². The van der Waals surface area contributed by atoms with Crippen LogP contribution in [0.25, 0.3) is 16.3 Å². The predicted molar refractivity (Wildman–Crippen MR) is 118 cm³/mol. The molecule has 1 amide bonds. The molecule has 1 aromatic heterocycles. The molecule has 2 heterocycles. The van der Waals surface area contributed by atoms with Crippen LogP contribution in [0.4, 0.5) is 8.78 Å². The first-order valence-corrected chi connectivity index (χ1v) is 10.9. The van der Waals surface area contributed by atoms with Gasteiger partial charge < -0.3 is 9.64 Å². The highest BCUT2D eigenvalue weighted by atomic mass is 32.1. The molecule has 0 N–H and O–H groups in total. The van der Waals surface area contributed by atoms with E-state index in [0.717, 1.165) is 29.2 Å². The molecule has 1 saturated heterocycles. The average molecular weight is 444 g/mol. The summed E-state index contributed by atoms with van der Waals surface area (Å²) >= 11 is 1.72. The molecular formula is C23H23F2N3O2S. The van der Waals surface area contributed by atoms with E-state index < -0.39 is 6.61 Å². The minimum atomic E-state index is -2.85. The van der Waals surface area contributed by atoms with Crippen molar-refractivity contribution in [2.75, 3.05) is 26.2 Å². The lowest BCUT2D eigenvalue weighted by Gasteiger charge is -2.37. The largest absolute Gasteiger partial charge is 0.435 e. The molecule has 3 aromatic rings. The number of piperazine rings is 1. The van der Waals surface area contributed by atoms with Gasteiger partial charge >= 0.3 is 6.61 Å². The molecule has 1 aliphatic rings. The van der Waals surface area contributed by atoms with Crippen molar-refractivity contribution in [3.05, 3.63) is 65.2 Å². The van der Waals surface area contributed by atoms with Crippen LogP contribution in [-0.2, 0) is 4.79 Å². The summed E-state index contributed by atoms with van der Waals surface area (Å²) in [6.45, 7) is 2.20. The van der Waals surface area contributed by atoms with Gasteiger partial charge in [0.25, 0.3) is 0 Å². The van der Waals surface area contributed by atoms with E-state index in [1.165, 1.54) is 22.9 Å². The smallest absolute Gasteiger partial charge is 0.387 e. The summed E-state index contributed by atoms with van der Waals surface area (Å²) in [5.74, 6) is 0.0389. The molecule has 31 heavy (non-hydrogen) atoms. The van der Waals surface area contributed by atoms with Gasteiger partial charge in [-0.1, -0.05) is 24.3 Å². The molecule has 8 heteroatoms. The molecule has 1 aliphatic heterocycles. The number of aromatic nitrogens is 1. The Labute approximate surface area is 183 Å². The normalized spacial score (nSPS) is 16.3. The fraction of sp³-hybridized carbons (Fsp3) is 0.304. The van der Waals surface area contributed by atoms with Gasteiger partial charge in [-0.15, -0.1) is 11.3 Å². The standard InChI is InChI=1S/C23H23F2N3O2S/c1-16(22-26-19-4-2-3-5-20(19)31-22)27-12-14-28(15-13-27)21(29)11-8-17-6-9-18(10-7-17)30-23(24)25/h2-11,16,23H,12-15H2,1H3/b11-8+. The lowest BCUT2D eigenvalue weighted by molar-refractivity contribution is -0.127. The van der Waals surface area contributed by atoms with Crippen LogP contribution in [0.5, 0.6) is 5.75 Å².